The second-order valence-electron chi connectivity index (χ2n) is 8.40. The second-order valence-corrected chi connectivity index (χ2v) is 8.40. The molecule has 4 rings (SSSR count). The third-order valence-electron chi connectivity index (χ3n) is 6.21. The molecule has 1 aliphatic carbocycles. The molecule has 2 saturated heterocycles. The highest BCUT2D eigenvalue weighted by Gasteiger charge is 2.33. The van der Waals surface area contributed by atoms with Crippen LogP contribution in [-0.4, -0.2) is 60.0 Å². The van der Waals surface area contributed by atoms with E-state index < -0.39 is 0 Å². The van der Waals surface area contributed by atoms with Crippen molar-refractivity contribution in [2.24, 2.45) is 5.92 Å². The molecule has 3 aliphatic rings. The fraction of sp³-hybridized carbons (Fsp3) is 0.636. The van der Waals surface area contributed by atoms with E-state index in [1.54, 1.807) is 0 Å². The third-order valence-corrected chi connectivity index (χ3v) is 6.21. The Labute approximate surface area is 161 Å². The van der Waals surface area contributed by atoms with Gasteiger partial charge < -0.3 is 14.5 Å². The second kappa shape index (κ2) is 7.63. The molecule has 0 N–H and O–H groups in total. The predicted octanol–water partition coefficient (Wildman–Crippen LogP) is 2.66. The normalized spacial score (nSPS) is 26.1. The molecule has 0 aromatic heterocycles. The van der Waals surface area contributed by atoms with Gasteiger partial charge in [-0.1, -0.05) is 6.07 Å². The van der Waals surface area contributed by atoms with E-state index in [1.165, 1.54) is 17.5 Å². The van der Waals surface area contributed by atoms with Crippen LogP contribution in [-0.2, 0) is 22.4 Å². The highest BCUT2D eigenvalue weighted by Crippen LogP contribution is 2.26. The summed E-state index contributed by atoms with van der Waals surface area (Å²) >= 11 is 0. The van der Waals surface area contributed by atoms with Gasteiger partial charge in [0, 0.05) is 37.7 Å². The van der Waals surface area contributed by atoms with E-state index in [0.717, 1.165) is 31.2 Å². The first-order valence-corrected chi connectivity index (χ1v) is 10.4. The number of benzene rings is 1. The van der Waals surface area contributed by atoms with Gasteiger partial charge in [0.05, 0.1) is 12.2 Å². The molecule has 5 nitrogen and oxygen atoms in total. The van der Waals surface area contributed by atoms with Crippen LogP contribution in [0.25, 0.3) is 0 Å². The van der Waals surface area contributed by atoms with Crippen LogP contribution in [0.3, 0.4) is 0 Å². The summed E-state index contributed by atoms with van der Waals surface area (Å²) in [7, 11) is 0. The van der Waals surface area contributed by atoms with E-state index in [-0.39, 0.29) is 29.9 Å². The first kappa shape index (κ1) is 18.5. The lowest BCUT2D eigenvalue weighted by Crippen LogP contribution is -2.51. The molecule has 0 radical (unpaired) electrons. The molecule has 27 heavy (non-hydrogen) atoms. The van der Waals surface area contributed by atoms with E-state index >= 15 is 0 Å². The summed E-state index contributed by atoms with van der Waals surface area (Å²) in [5.74, 6) is 0.386. The van der Waals surface area contributed by atoms with Gasteiger partial charge in [-0.15, -0.1) is 0 Å². The Bertz CT molecular complexity index is 714. The number of aryl methyl sites for hydroxylation is 2. The number of nitrogens with zero attached hydrogens (tertiary/aromatic N) is 2. The average Bonchev–Trinajstić information content (AvgIpc) is 3.14. The number of carbonyl (C=O) groups is 2. The standard InChI is InChI=1S/C22H30N2O3/c1-15-13-24(14-16(2)27-15)21(25)18-8-10-23(11-9-18)22(26)20-7-6-17-4-3-5-19(17)12-20/h6-7,12,15-16,18H,3-5,8-11,13-14H2,1-2H3. The van der Waals surface area contributed by atoms with Crippen LogP contribution in [0.2, 0.25) is 0 Å². The van der Waals surface area contributed by atoms with Crippen LogP contribution >= 0.6 is 0 Å². The Morgan fingerprint density at radius 2 is 1.63 bits per heavy atom. The van der Waals surface area contributed by atoms with Crippen LogP contribution in [0, 0.1) is 5.92 Å². The Morgan fingerprint density at radius 3 is 2.33 bits per heavy atom. The minimum absolute atomic E-state index is 0.0339. The summed E-state index contributed by atoms with van der Waals surface area (Å²) in [6.07, 6.45) is 5.13. The number of likely N-dealkylation sites (tertiary alicyclic amines) is 1. The van der Waals surface area contributed by atoms with Crippen molar-refractivity contribution in [3.63, 3.8) is 0 Å². The zero-order valence-corrected chi connectivity index (χ0v) is 16.4. The van der Waals surface area contributed by atoms with E-state index in [9.17, 15) is 9.59 Å². The summed E-state index contributed by atoms with van der Waals surface area (Å²) < 4.78 is 5.74. The van der Waals surface area contributed by atoms with Crippen molar-refractivity contribution in [3.05, 3.63) is 34.9 Å². The maximum atomic E-state index is 12.9. The number of ether oxygens (including phenoxy) is 1. The van der Waals surface area contributed by atoms with Crippen LogP contribution in [0.1, 0.15) is 54.6 Å². The van der Waals surface area contributed by atoms with Gasteiger partial charge in [0.15, 0.2) is 0 Å². The molecule has 2 fully saturated rings. The first-order chi connectivity index (χ1) is 13.0. The van der Waals surface area contributed by atoms with Crippen LogP contribution in [0.15, 0.2) is 18.2 Å². The smallest absolute Gasteiger partial charge is 0.253 e. The van der Waals surface area contributed by atoms with Crippen LogP contribution in [0.5, 0.6) is 0 Å². The molecule has 2 aliphatic heterocycles. The molecule has 2 heterocycles. The molecular formula is C22H30N2O3. The molecule has 146 valence electrons. The van der Waals surface area contributed by atoms with Gasteiger partial charge in [-0.2, -0.15) is 0 Å². The van der Waals surface area contributed by atoms with Gasteiger partial charge in [-0.05, 0) is 69.2 Å². The quantitative estimate of drug-likeness (QED) is 0.804. The van der Waals surface area contributed by atoms with Crippen molar-refractivity contribution in [2.45, 2.75) is 58.2 Å². The Kier molecular flexibility index (Phi) is 5.22. The van der Waals surface area contributed by atoms with Gasteiger partial charge >= 0.3 is 0 Å². The Morgan fingerprint density at radius 1 is 0.963 bits per heavy atom. The molecule has 2 unspecified atom stereocenters. The number of rotatable bonds is 2. The summed E-state index contributed by atoms with van der Waals surface area (Å²) in [4.78, 5) is 29.6. The summed E-state index contributed by atoms with van der Waals surface area (Å²) in [6, 6.07) is 6.17. The Hall–Kier alpha value is -1.88. The number of hydrogen-bond acceptors (Lipinski definition) is 3. The van der Waals surface area contributed by atoms with E-state index in [1.807, 2.05) is 29.7 Å². The molecule has 0 saturated carbocycles. The number of fused-ring (bicyclic) bond motifs is 1. The number of hydrogen-bond donors (Lipinski definition) is 0. The highest BCUT2D eigenvalue weighted by atomic mass is 16.5. The van der Waals surface area contributed by atoms with Crippen molar-refractivity contribution in [1.29, 1.82) is 0 Å². The zero-order chi connectivity index (χ0) is 19.0. The minimum Gasteiger partial charge on any atom is -0.372 e. The van der Waals surface area contributed by atoms with Crippen molar-refractivity contribution >= 4 is 11.8 Å². The molecule has 2 atom stereocenters. The first-order valence-electron chi connectivity index (χ1n) is 10.4. The largest absolute Gasteiger partial charge is 0.372 e. The fourth-order valence-corrected chi connectivity index (χ4v) is 4.83. The molecule has 0 bridgehead atoms. The number of amides is 2. The third kappa shape index (κ3) is 3.88. The van der Waals surface area contributed by atoms with Gasteiger partial charge in [0.2, 0.25) is 5.91 Å². The lowest BCUT2D eigenvalue weighted by Gasteiger charge is -2.39. The lowest BCUT2D eigenvalue weighted by molar-refractivity contribution is -0.148. The summed E-state index contributed by atoms with van der Waals surface area (Å²) in [5, 5.41) is 0. The topological polar surface area (TPSA) is 49.9 Å². The van der Waals surface area contributed by atoms with Crippen molar-refractivity contribution < 1.29 is 14.3 Å². The lowest BCUT2D eigenvalue weighted by atomic mass is 9.94. The number of morpholine rings is 1. The van der Waals surface area contributed by atoms with Crippen molar-refractivity contribution in [2.75, 3.05) is 26.2 Å². The van der Waals surface area contributed by atoms with E-state index in [4.69, 9.17) is 4.74 Å². The molecule has 5 heteroatoms. The molecule has 0 spiro atoms. The highest BCUT2D eigenvalue weighted by molar-refractivity contribution is 5.94. The molecule has 1 aromatic rings. The minimum atomic E-state index is 0.0339. The summed E-state index contributed by atoms with van der Waals surface area (Å²) in [6.45, 7) is 6.74. The SMILES string of the molecule is CC1CN(C(=O)C2CCN(C(=O)c3ccc4c(c3)CCC4)CC2)CC(C)O1. The van der Waals surface area contributed by atoms with E-state index in [2.05, 4.69) is 12.1 Å². The van der Waals surface area contributed by atoms with Crippen LogP contribution in [0.4, 0.5) is 0 Å². The fourth-order valence-electron chi connectivity index (χ4n) is 4.83. The number of carbonyl (C=O) groups excluding carboxylic acids is 2. The zero-order valence-electron chi connectivity index (χ0n) is 16.4. The molecular weight excluding hydrogens is 340 g/mol. The maximum Gasteiger partial charge on any atom is 0.253 e. The van der Waals surface area contributed by atoms with Gasteiger partial charge in [0.1, 0.15) is 0 Å². The molecule has 1 aromatic carbocycles. The van der Waals surface area contributed by atoms with Crippen LogP contribution < -0.4 is 0 Å². The monoisotopic (exact) mass is 370 g/mol. The van der Waals surface area contributed by atoms with E-state index in [0.29, 0.717) is 26.2 Å². The van der Waals surface area contributed by atoms with Gasteiger partial charge in [-0.25, -0.2) is 0 Å². The Balaban J connectivity index is 1.34. The van der Waals surface area contributed by atoms with Crippen molar-refractivity contribution in [3.8, 4) is 0 Å². The predicted molar refractivity (Wildman–Crippen MR) is 104 cm³/mol. The van der Waals surface area contributed by atoms with Crippen molar-refractivity contribution in [1.82, 2.24) is 9.80 Å². The van der Waals surface area contributed by atoms with Gasteiger partial charge in [-0.3, -0.25) is 9.59 Å². The average molecular weight is 370 g/mol. The molecule has 2 amide bonds. The summed E-state index contributed by atoms with van der Waals surface area (Å²) in [5.41, 5.74) is 3.53. The van der Waals surface area contributed by atoms with Gasteiger partial charge in [0.25, 0.3) is 5.91 Å². The number of piperidine rings is 1. The maximum absolute atomic E-state index is 12.9.